The first-order valence-corrected chi connectivity index (χ1v) is 7.62. The molecule has 4 aliphatic rings. The van der Waals surface area contributed by atoms with Crippen molar-refractivity contribution in [2.75, 3.05) is 0 Å². The molecule has 4 aliphatic carbocycles. The second kappa shape index (κ2) is 4.80. The predicted molar refractivity (Wildman–Crippen MR) is 70.4 cm³/mol. The van der Waals surface area contributed by atoms with Crippen LogP contribution < -0.4 is 5.32 Å². The predicted octanol–water partition coefficient (Wildman–Crippen LogP) is 2.04. The van der Waals surface area contributed by atoms with Crippen molar-refractivity contribution in [2.24, 2.45) is 29.6 Å². The molecule has 0 aliphatic heterocycles. The Labute approximate surface area is 113 Å². The van der Waals surface area contributed by atoms with Gasteiger partial charge in [-0.2, -0.15) is 0 Å². The molecule has 1 unspecified atom stereocenters. The fourth-order valence-corrected chi connectivity index (χ4v) is 5.32. The van der Waals surface area contributed by atoms with Crippen molar-refractivity contribution < 1.29 is 14.7 Å². The first kappa shape index (κ1) is 12.9. The van der Waals surface area contributed by atoms with Crippen LogP contribution >= 0.6 is 0 Å². The van der Waals surface area contributed by atoms with E-state index in [9.17, 15) is 9.59 Å². The number of carboxylic acids is 1. The minimum atomic E-state index is -1.36. The number of carbonyl (C=O) groups excluding carboxylic acids is 1. The second-order valence-electron chi connectivity index (χ2n) is 6.80. The third-order valence-corrected chi connectivity index (χ3v) is 5.71. The minimum Gasteiger partial charge on any atom is -0.474 e. The lowest BCUT2D eigenvalue weighted by molar-refractivity contribution is -0.151. The molecule has 1 amide bonds. The highest BCUT2D eigenvalue weighted by atomic mass is 16.4. The van der Waals surface area contributed by atoms with E-state index >= 15 is 0 Å². The third kappa shape index (κ3) is 2.26. The van der Waals surface area contributed by atoms with Crippen molar-refractivity contribution in [3.05, 3.63) is 0 Å². The molecule has 4 saturated carbocycles. The summed E-state index contributed by atoms with van der Waals surface area (Å²) >= 11 is 0. The minimum absolute atomic E-state index is 0.0543. The molecule has 4 bridgehead atoms. The number of carboxylic acid groups (broad SMARTS) is 1. The van der Waals surface area contributed by atoms with E-state index in [1.54, 1.807) is 0 Å². The van der Waals surface area contributed by atoms with Crippen molar-refractivity contribution in [1.82, 2.24) is 5.32 Å². The van der Waals surface area contributed by atoms with Gasteiger partial charge in [-0.3, -0.25) is 4.79 Å². The Kier molecular flexibility index (Phi) is 3.27. The Hall–Kier alpha value is -1.06. The fourth-order valence-electron chi connectivity index (χ4n) is 5.32. The normalized spacial score (nSPS) is 41.0. The molecule has 4 fully saturated rings. The zero-order valence-electron chi connectivity index (χ0n) is 11.5. The lowest BCUT2D eigenvalue weighted by Gasteiger charge is -2.56. The first-order chi connectivity index (χ1) is 9.08. The number of amides is 1. The Bertz CT molecular complexity index is 365. The summed E-state index contributed by atoms with van der Waals surface area (Å²) in [6.45, 7) is 2.05. The van der Waals surface area contributed by atoms with E-state index in [2.05, 4.69) is 12.2 Å². The SMILES string of the molecule is CCC(NC(=O)C(=O)O)C1C2CC3CC(C2)CC1C3. The lowest BCUT2D eigenvalue weighted by atomic mass is 9.50. The Balaban J connectivity index is 1.73. The molecule has 0 saturated heterocycles. The molecule has 0 heterocycles. The summed E-state index contributed by atoms with van der Waals surface area (Å²) in [5, 5.41) is 11.5. The van der Waals surface area contributed by atoms with Gasteiger partial charge in [-0.1, -0.05) is 6.92 Å². The summed E-state index contributed by atoms with van der Waals surface area (Å²) in [6.07, 6.45) is 7.46. The van der Waals surface area contributed by atoms with Crippen molar-refractivity contribution in [2.45, 2.75) is 51.5 Å². The first-order valence-electron chi connectivity index (χ1n) is 7.62. The van der Waals surface area contributed by atoms with Crippen molar-refractivity contribution in [3.63, 3.8) is 0 Å². The highest BCUT2D eigenvalue weighted by molar-refractivity contribution is 6.31. The molecule has 4 heteroatoms. The van der Waals surface area contributed by atoms with E-state index in [1.807, 2.05) is 0 Å². The average Bonchev–Trinajstić information content (AvgIpc) is 2.35. The Morgan fingerprint density at radius 2 is 1.63 bits per heavy atom. The molecule has 0 aromatic rings. The van der Waals surface area contributed by atoms with Gasteiger partial charge >= 0.3 is 11.9 Å². The molecule has 0 aromatic carbocycles. The van der Waals surface area contributed by atoms with E-state index in [4.69, 9.17) is 5.11 Å². The number of aliphatic carboxylic acids is 1. The Morgan fingerprint density at radius 1 is 1.11 bits per heavy atom. The van der Waals surface area contributed by atoms with Crippen molar-refractivity contribution in [1.29, 1.82) is 0 Å². The average molecular weight is 265 g/mol. The van der Waals surface area contributed by atoms with Crippen molar-refractivity contribution in [3.8, 4) is 0 Å². The highest BCUT2D eigenvalue weighted by Crippen LogP contribution is 2.57. The monoisotopic (exact) mass is 265 g/mol. The maximum absolute atomic E-state index is 11.4. The Morgan fingerprint density at radius 3 is 2.05 bits per heavy atom. The fraction of sp³-hybridized carbons (Fsp3) is 0.867. The highest BCUT2D eigenvalue weighted by Gasteiger charge is 2.50. The maximum Gasteiger partial charge on any atom is 0.394 e. The van der Waals surface area contributed by atoms with E-state index < -0.39 is 11.9 Å². The van der Waals surface area contributed by atoms with Crippen LogP contribution in [0.5, 0.6) is 0 Å². The molecule has 0 spiro atoms. The number of hydrogen-bond donors (Lipinski definition) is 2. The molecule has 106 valence electrons. The van der Waals surface area contributed by atoms with Gasteiger partial charge in [0.25, 0.3) is 0 Å². The number of nitrogens with one attached hydrogen (secondary N) is 1. The molecule has 1 atom stereocenters. The van der Waals surface area contributed by atoms with Crippen molar-refractivity contribution >= 4 is 11.9 Å². The molecular formula is C15H23NO3. The molecule has 2 N–H and O–H groups in total. The summed E-state index contributed by atoms with van der Waals surface area (Å²) < 4.78 is 0. The van der Waals surface area contributed by atoms with Crippen LogP contribution in [0.25, 0.3) is 0 Å². The van der Waals surface area contributed by atoms with E-state index in [1.165, 1.54) is 32.1 Å². The molecule has 0 radical (unpaired) electrons. The van der Waals surface area contributed by atoms with E-state index in [0.717, 1.165) is 30.1 Å². The van der Waals surface area contributed by atoms with Gasteiger partial charge in [-0.25, -0.2) is 4.79 Å². The van der Waals surface area contributed by atoms with Gasteiger partial charge in [0.15, 0.2) is 0 Å². The van der Waals surface area contributed by atoms with Crippen LogP contribution in [0.4, 0.5) is 0 Å². The number of hydrogen-bond acceptors (Lipinski definition) is 2. The molecule has 4 rings (SSSR count). The van der Waals surface area contributed by atoms with Gasteiger partial charge in [-0.05, 0) is 68.1 Å². The van der Waals surface area contributed by atoms with Gasteiger partial charge in [0.05, 0.1) is 0 Å². The second-order valence-corrected chi connectivity index (χ2v) is 6.80. The van der Waals surface area contributed by atoms with E-state index in [-0.39, 0.29) is 6.04 Å². The zero-order valence-corrected chi connectivity index (χ0v) is 11.5. The van der Waals surface area contributed by atoms with Crippen LogP contribution in [-0.4, -0.2) is 23.0 Å². The van der Waals surface area contributed by atoms with Crippen LogP contribution in [0.1, 0.15) is 45.4 Å². The summed E-state index contributed by atoms with van der Waals surface area (Å²) in [4.78, 5) is 22.2. The maximum atomic E-state index is 11.4. The van der Waals surface area contributed by atoms with Crippen LogP contribution in [-0.2, 0) is 9.59 Å². The molecule has 4 nitrogen and oxygen atoms in total. The van der Waals surface area contributed by atoms with Gasteiger partial charge in [0, 0.05) is 6.04 Å². The number of carbonyl (C=O) groups is 2. The van der Waals surface area contributed by atoms with Gasteiger partial charge in [0.1, 0.15) is 0 Å². The smallest absolute Gasteiger partial charge is 0.394 e. The summed E-state index contributed by atoms with van der Waals surface area (Å²) in [6, 6.07) is 0.0543. The van der Waals surface area contributed by atoms with Gasteiger partial charge in [0.2, 0.25) is 0 Å². The topological polar surface area (TPSA) is 66.4 Å². The molecule has 19 heavy (non-hydrogen) atoms. The van der Waals surface area contributed by atoms with Gasteiger partial charge < -0.3 is 10.4 Å². The standard InChI is InChI=1S/C15H23NO3/c1-2-12(16-14(17)15(18)19)13-10-4-8-3-9(6-10)7-11(13)5-8/h8-13H,2-7H2,1H3,(H,16,17)(H,18,19). The van der Waals surface area contributed by atoms with Gasteiger partial charge in [-0.15, -0.1) is 0 Å². The van der Waals surface area contributed by atoms with Crippen LogP contribution in [0.2, 0.25) is 0 Å². The third-order valence-electron chi connectivity index (χ3n) is 5.71. The summed E-state index contributed by atoms with van der Waals surface area (Å²) in [5.74, 6) is 1.58. The van der Waals surface area contributed by atoms with Crippen LogP contribution in [0.15, 0.2) is 0 Å². The molecular weight excluding hydrogens is 242 g/mol. The summed E-state index contributed by atoms with van der Waals surface area (Å²) in [7, 11) is 0. The van der Waals surface area contributed by atoms with Crippen LogP contribution in [0, 0.1) is 29.6 Å². The summed E-state index contributed by atoms with van der Waals surface area (Å²) in [5.41, 5.74) is 0. The number of rotatable bonds is 3. The van der Waals surface area contributed by atoms with Crippen LogP contribution in [0.3, 0.4) is 0 Å². The quantitative estimate of drug-likeness (QED) is 0.767. The largest absolute Gasteiger partial charge is 0.474 e. The van der Waals surface area contributed by atoms with E-state index in [0.29, 0.717) is 5.92 Å². The zero-order chi connectivity index (χ0) is 13.6. The molecule has 0 aromatic heterocycles. The lowest BCUT2D eigenvalue weighted by Crippen LogP contribution is -2.54.